The Labute approximate surface area is 142 Å². The van der Waals surface area contributed by atoms with Gasteiger partial charge in [-0.3, -0.25) is 4.79 Å². The van der Waals surface area contributed by atoms with Crippen LogP contribution in [-0.2, 0) is 6.54 Å². The highest BCUT2D eigenvalue weighted by Crippen LogP contribution is 2.15. The maximum Gasteiger partial charge on any atom is 0.347 e. The van der Waals surface area contributed by atoms with Crippen molar-refractivity contribution in [3.8, 4) is 0 Å². The van der Waals surface area contributed by atoms with Crippen molar-refractivity contribution in [1.29, 1.82) is 0 Å². The molecule has 0 fully saturated rings. The van der Waals surface area contributed by atoms with E-state index in [1.54, 1.807) is 10.8 Å². The first-order valence-corrected chi connectivity index (χ1v) is 6.76. The third-order valence-electron chi connectivity index (χ3n) is 3.48. The van der Waals surface area contributed by atoms with Crippen molar-refractivity contribution in [2.24, 2.45) is 0 Å². The van der Waals surface area contributed by atoms with Crippen LogP contribution >= 0.6 is 0 Å². The molecular formula is C17H13BrFNO3. The lowest BCUT2D eigenvalue weighted by atomic mass is 10.1. The van der Waals surface area contributed by atoms with Gasteiger partial charge < -0.3 is 21.4 Å². The van der Waals surface area contributed by atoms with E-state index in [4.69, 9.17) is 4.42 Å². The number of rotatable bonds is 3. The summed E-state index contributed by atoms with van der Waals surface area (Å²) in [6.45, 7) is 1.92. The molecule has 0 aliphatic rings. The number of halogens is 2. The molecule has 4 nitrogen and oxygen atoms in total. The number of hydrogen-bond donors (Lipinski definition) is 0. The molecule has 2 heterocycles. The standard InChI is InChI=1S/C17H13FNO3.BrH/c1-11-4-2-3-7-19(11)10-15(20)14-8-12-5-6-13(18)9-16(12)22-17(14)21;/h2-9H,10H2,1H3;1H/q+1;/p-1. The first-order chi connectivity index (χ1) is 10.5. The summed E-state index contributed by atoms with van der Waals surface area (Å²) in [5, 5.41) is 0.513. The summed E-state index contributed by atoms with van der Waals surface area (Å²) in [6.07, 6.45) is 1.77. The van der Waals surface area contributed by atoms with Crippen LogP contribution in [0.1, 0.15) is 16.1 Å². The van der Waals surface area contributed by atoms with E-state index in [-0.39, 0.29) is 40.5 Å². The van der Waals surface area contributed by atoms with Crippen LogP contribution in [0.2, 0.25) is 0 Å². The molecule has 0 saturated carbocycles. The molecule has 0 radical (unpaired) electrons. The van der Waals surface area contributed by atoms with Crippen molar-refractivity contribution in [2.75, 3.05) is 0 Å². The zero-order valence-corrected chi connectivity index (χ0v) is 13.8. The number of hydrogen-bond acceptors (Lipinski definition) is 3. The van der Waals surface area contributed by atoms with Gasteiger partial charge in [0.1, 0.15) is 17.0 Å². The Bertz CT molecular complexity index is 937. The second kappa shape index (κ2) is 6.83. The number of carbonyl (C=O) groups is 1. The largest absolute Gasteiger partial charge is 1.00 e. The minimum atomic E-state index is -0.753. The summed E-state index contributed by atoms with van der Waals surface area (Å²) < 4.78 is 19.9. The number of carbonyl (C=O) groups excluding carboxylic acids is 1. The van der Waals surface area contributed by atoms with Crippen LogP contribution in [0.25, 0.3) is 11.0 Å². The van der Waals surface area contributed by atoms with E-state index in [0.29, 0.717) is 5.39 Å². The summed E-state index contributed by atoms with van der Waals surface area (Å²) >= 11 is 0. The molecule has 3 aromatic rings. The van der Waals surface area contributed by atoms with Crippen LogP contribution in [0.4, 0.5) is 4.39 Å². The predicted octanol–water partition coefficient (Wildman–Crippen LogP) is -0.585. The second-order valence-corrected chi connectivity index (χ2v) is 5.02. The van der Waals surface area contributed by atoms with Gasteiger partial charge in [-0.2, -0.15) is 4.57 Å². The highest BCUT2D eigenvalue weighted by atomic mass is 79.9. The van der Waals surface area contributed by atoms with Gasteiger partial charge in [-0.05, 0) is 18.2 Å². The molecule has 0 spiro atoms. The molecule has 1 aromatic carbocycles. The Balaban J connectivity index is 0.00000192. The van der Waals surface area contributed by atoms with E-state index >= 15 is 0 Å². The molecule has 0 aliphatic heterocycles. The average Bonchev–Trinajstić information content (AvgIpc) is 2.48. The zero-order valence-electron chi connectivity index (χ0n) is 12.3. The SMILES string of the molecule is Cc1cccc[n+]1CC(=O)c1cc2ccc(F)cc2oc1=O.[Br-]. The lowest BCUT2D eigenvalue weighted by molar-refractivity contribution is -0.689. The number of fused-ring (bicyclic) bond motifs is 1. The molecule has 0 N–H and O–H groups in total. The first kappa shape index (κ1) is 17.0. The molecule has 0 atom stereocenters. The monoisotopic (exact) mass is 377 g/mol. The number of Topliss-reactive ketones (excluding diaryl/α,β-unsaturated/α-hetero) is 1. The van der Waals surface area contributed by atoms with Crippen LogP contribution < -0.4 is 27.2 Å². The Morgan fingerprint density at radius 3 is 2.74 bits per heavy atom. The van der Waals surface area contributed by atoms with E-state index < -0.39 is 11.4 Å². The van der Waals surface area contributed by atoms with Gasteiger partial charge in [-0.15, -0.1) is 0 Å². The summed E-state index contributed by atoms with van der Waals surface area (Å²) in [6, 6.07) is 10.9. The molecule has 23 heavy (non-hydrogen) atoms. The molecule has 0 bridgehead atoms. The first-order valence-electron chi connectivity index (χ1n) is 6.76. The van der Waals surface area contributed by atoms with Crippen LogP contribution in [0, 0.1) is 12.7 Å². The molecule has 118 valence electrons. The van der Waals surface area contributed by atoms with Gasteiger partial charge in [0.05, 0.1) is 0 Å². The number of aromatic nitrogens is 1. The predicted molar refractivity (Wildman–Crippen MR) is 78.1 cm³/mol. The van der Waals surface area contributed by atoms with E-state index in [9.17, 15) is 14.0 Å². The minimum absolute atomic E-state index is 0. The minimum Gasteiger partial charge on any atom is -1.00 e. The van der Waals surface area contributed by atoms with Gasteiger partial charge >= 0.3 is 5.63 Å². The van der Waals surface area contributed by atoms with E-state index in [1.165, 1.54) is 18.2 Å². The van der Waals surface area contributed by atoms with Crippen molar-refractivity contribution in [2.45, 2.75) is 13.5 Å². The molecule has 2 aromatic heterocycles. The van der Waals surface area contributed by atoms with Gasteiger partial charge in [0.25, 0.3) is 0 Å². The topological polar surface area (TPSA) is 51.2 Å². The Morgan fingerprint density at radius 2 is 2.00 bits per heavy atom. The number of nitrogens with zero attached hydrogens (tertiary/aromatic N) is 1. The number of benzene rings is 1. The molecular weight excluding hydrogens is 365 g/mol. The fraction of sp³-hybridized carbons (Fsp3) is 0.118. The van der Waals surface area contributed by atoms with Crippen molar-refractivity contribution in [3.63, 3.8) is 0 Å². The van der Waals surface area contributed by atoms with Crippen LogP contribution in [0.15, 0.2) is 57.9 Å². The molecule has 0 amide bonds. The van der Waals surface area contributed by atoms with Gasteiger partial charge in [-0.1, -0.05) is 6.07 Å². The number of pyridine rings is 1. The van der Waals surface area contributed by atoms with Gasteiger partial charge in [0.15, 0.2) is 11.9 Å². The molecule has 0 saturated heterocycles. The zero-order chi connectivity index (χ0) is 15.7. The van der Waals surface area contributed by atoms with Gasteiger partial charge in [-0.25, -0.2) is 9.18 Å². The summed E-state index contributed by atoms with van der Waals surface area (Å²) in [4.78, 5) is 24.3. The number of ketones is 1. The third kappa shape index (κ3) is 3.53. The maximum atomic E-state index is 13.1. The summed E-state index contributed by atoms with van der Waals surface area (Å²) in [7, 11) is 0. The molecule has 6 heteroatoms. The fourth-order valence-electron chi connectivity index (χ4n) is 2.26. The Hall–Kier alpha value is -2.34. The fourth-order valence-corrected chi connectivity index (χ4v) is 2.26. The van der Waals surface area contributed by atoms with E-state index in [2.05, 4.69) is 0 Å². The molecule has 0 unspecified atom stereocenters. The van der Waals surface area contributed by atoms with Crippen molar-refractivity contribution >= 4 is 16.8 Å². The van der Waals surface area contributed by atoms with E-state index in [0.717, 1.165) is 11.8 Å². The quantitative estimate of drug-likeness (QED) is 0.348. The van der Waals surface area contributed by atoms with E-state index in [1.807, 2.05) is 25.1 Å². The summed E-state index contributed by atoms with van der Waals surface area (Å²) in [5.74, 6) is -0.843. The van der Waals surface area contributed by atoms with Crippen molar-refractivity contribution in [1.82, 2.24) is 0 Å². The third-order valence-corrected chi connectivity index (χ3v) is 3.48. The highest BCUT2D eigenvalue weighted by Gasteiger charge is 2.19. The van der Waals surface area contributed by atoms with Gasteiger partial charge in [0.2, 0.25) is 12.3 Å². The second-order valence-electron chi connectivity index (χ2n) is 5.02. The maximum absolute atomic E-state index is 13.1. The lowest BCUT2D eigenvalue weighted by Gasteiger charge is -2.02. The number of aryl methyl sites for hydroxylation is 1. The normalized spacial score (nSPS) is 10.3. The van der Waals surface area contributed by atoms with Crippen molar-refractivity contribution in [3.05, 3.63) is 76.2 Å². The smallest absolute Gasteiger partial charge is 0.347 e. The average molecular weight is 378 g/mol. The molecule has 3 rings (SSSR count). The summed E-state index contributed by atoms with van der Waals surface area (Å²) in [5.41, 5.74) is 0.250. The van der Waals surface area contributed by atoms with Crippen LogP contribution in [-0.4, -0.2) is 5.78 Å². The van der Waals surface area contributed by atoms with Crippen molar-refractivity contribution < 1.29 is 35.2 Å². The molecule has 0 aliphatic carbocycles. The van der Waals surface area contributed by atoms with Gasteiger partial charge in [0, 0.05) is 30.5 Å². The Kier molecular flexibility index (Phi) is 5.05. The van der Waals surface area contributed by atoms with Crippen LogP contribution in [0.3, 0.4) is 0 Å². The van der Waals surface area contributed by atoms with Crippen LogP contribution in [0.5, 0.6) is 0 Å². The highest BCUT2D eigenvalue weighted by molar-refractivity contribution is 5.97. The Morgan fingerprint density at radius 1 is 1.22 bits per heavy atom. The lowest BCUT2D eigenvalue weighted by Crippen LogP contribution is -3.00.